The molecule has 1 amide bonds. The highest BCUT2D eigenvalue weighted by molar-refractivity contribution is 7.90. The van der Waals surface area contributed by atoms with Gasteiger partial charge in [0.1, 0.15) is 5.84 Å². The molecule has 4 N–H and O–H groups in total. The van der Waals surface area contributed by atoms with Crippen molar-refractivity contribution in [3.63, 3.8) is 0 Å². The van der Waals surface area contributed by atoms with E-state index in [-0.39, 0.29) is 23.2 Å². The number of amidine groups is 1. The lowest BCUT2D eigenvalue weighted by molar-refractivity contribution is -0.121. The topological polar surface area (TPSA) is 114 Å². The first-order chi connectivity index (χ1) is 10.5. The molecule has 0 unspecified atom stereocenters. The Labute approximate surface area is 142 Å². The molecule has 7 nitrogen and oxygen atoms in total. The summed E-state index contributed by atoms with van der Waals surface area (Å²) < 4.78 is 26.2. The van der Waals surface area contributed by atoms with Crippen molar-refractivity contribution in [2.75, 3.05) is 19.6 Å². The van der Waals surface area contributed by atoms with Crippen LogP contribution in [0, 0.1) is 0 Å². The van der Waals surface area contributed by atoms with Crippen LogP contribution in [0.2, 0.25) is 0 Å². The summed E-state index contributed by atoms with van der Waals surface area (Å²) in [5, 5.41) is 2.76. The van der Waals surface area contributed by atoms with Gasteiger partial charge < -0.3 is 11.1 Å². The number of aliphatic imine (C=N–C) groups is 1. The molecule has 1 aliphatic heterocycles. The van der Waals surface area contributed by atoms with E-state index in [2.05, 4.69) is 15.0 Å². The minimum Gasteiger partial charge on any atom is -0.356 e. The quantitative estimate of drug-likeness (QED) is 0.610. The summed E-state index contributed by atoms with van der Waals surface area (Å²) in [4.78, 5) is 16.0. The predicted octanol–water partition coefficient (Wildman–Crippen LogP) is 0.392. The van der Waals surface area contributed by atoms with Gasteiger partial charge in [-0.2, -0.15) is 0 Å². The maximum Gasteiger partial charge on any atom is 0.263 e. The molecule has 23 heavy (non-hydrogen) atoms. The van der Waals surface area contributed by atoms with E-state index in [1.54, 1.807) is 24.3 Å². The van der Waals surface area contributed by atoms with Gasteiger partial charge in [0.25, 0.3) is 10.0 Å². The Morgan fingerprint density at radius 2 is 2.00 bits per heavy atom. The first kappa shape index (κ1) is 19.4. The fourth-order valence-corrected chi connectivity index (χ4v) is 3.35. The van der Waals surface area contributed by atoms with Crippen LogP contribution < -0.4 is 15.8 Å². The van der Waals surface area contributed by atoms with Crippen LogP contribution in [0.5, 0.6) is 0 Å². The molecule has 0 saturated heterocycles. The van der Waals surface area contributed by atoms with Crippen LogP contribution in [0.4, 0.5) is 0 Å². The van der Waals surface area contributed by atoms with E-state index < -0.39 is 10.0 Å². The normalized spacial score (nSPS) is 16.3. The van der Waals surface area contributed by atoms with E-state index in [4.69, 9.17) is 5.73 Å². The zero-order chi connectivity index (χ0) is 16.0. The number of rotatable bonds is 7. The van der Waals surface area contributed by atoms with Crippen LogP contribution in [0.3, 0.4) is 0 Å². The van der Waals surface area contributed by atoms with Gasteiger partial charge in [-0.15, -0.1) is 12.4 Å². The molecule has 1 aliphatic rings. The fraction of sp³-hybridized carbons (Fsp3) is 0.429. The number of sulfonamides is 1. The molecule has 2 rings (SSSR count). The number of amides is 1. The maximum absolute atomic E-state index is 11.9. The number of carbonyl (C=O) groups excluding carboxylic acids is 1. The molecule has 0 bridgehead atoms. The fourth-order valence-electron chi connectivity index (χ4n) is 2.10. The smallest absolute Gasteiger partial charge is 0.263 e. The third kappa shape index (κ3) is 5.19. The summed E-state index contributed by atoms with van der Waals surface area (Å²) in [5.74, 6) is 0.306. The van der Waals surface area contributed by atoms with Crippen LogP contribution in [0.25, 0.3) is 0 Å². The van der Waals surface area contributed by atoms with Crippen molar-refractivity contribution in [1.29, 1.82) is 0 Å². The molecule has 0 fully saturated rings. The van der Waals surface area contributed by atoms with Crippen LogP contribution in [-0.2, 0) is 14.8 Å². The molecule has 1 aromatic rings. The van der Waals surface area contributed by atoms with Crippen LogP contribution in [0.15, 0.2) is 34.2 Å². The van der Waals surface area contributed by atoms with E-state index in [0.29, 0.717) is 43.9 Å². The molecule has 9 heteroatoms. The number of halogens is 1. The summed E-state index contributed by atoms with van der Waals surface area (Å²) in [6.45, 7) is 1.51. The molecule has 0 saturated carbocycles. The lowest BCUT2D eigenvalue weighted by Crippen LogP contribution is -2.26. The van der Waals surface area contributed by atoms with Gasteiger partial charge in [0, 0.05) is 25.1 Å². The van der Waals surface area contributed by atoms with E-state index in [1.165, 1.54) is 0 Å². The molecule has 0 radical (unpaired) electrons. The molecule has 0 aromatic heterocycles. The second-order valence-electron chi connectivity index (χ2n) is 4.93. The average molecular weight is 361 g/mol. The molecule has 1 heterocycles. The summed E-state index contributed by atoms with van der Waals surface area (Å²) in [5.41, 5.74) is 5.92. The van der Waals surface area contributed by atoms with Crippen molar-refractivity contribution in [2.24, 2.45) is 10.7 Å². The van der Waals surface area contributed by atoms with Crippen molar-refractivity contribution in [1.82, 2.24) is 10.0 Å². The minimum absolute atomic E-state index is 0. The summed E-state index contributed by atoms with van der Waals surface area (Å²) in [7, 11) is -3.50. The molecular formula is C14H21ClN4O3S. The number of nitrogens with two attached hydrogens (primary N) is 1. The minimum atomic E-state index is -3.50. The summed E-state index contributed by atoms with van der Waals surface area (Å²) in [6.07, 6.45) is 1.67. The molecule has 0 aliphatic carbocycles. The Morgan fingerprint density at radius 3 is 2.74 bits per heavy atom. The Morgan fingerprint density at radius 1 is 1.26 bits per heavy atom. The molecule has 0 atom stereocenters. The average Bonchev–Trinajstić information content (AvgIpc) is 2.76. The predicted molar refractivity (Wildman–Crippen MR) is 91.3 cm³/mol. The largest absolute Gasteiger partial charge is 0.356 e. The first-order valence-electron chi connectivity index (χ1n) is 7.18. The van der Waals surface area contributed by atoms with Gasteiger partial charge in [-0.25, -0.2) is 8.42 Å². The monoisotopic (exact) mass is 360 g/mol. The molecule has 0 spiro atoms. The second kappa shape index (κ2) is 8.85. The Bertz CT molecular complexity index is 676. The van der Waals surface area contributed by atoms with Crippen LogP contribution in [0.1, 0.15) is 24.8 Å². The van der Waals surface area contributed by atoms with Gasteiger partial charge in [-0.05, 0) is 31.5 Å². The van der Waals surface area contributed by atoms with Crippen molar-refractivity contribution in [3.05, 3.63) is 29.8 Å². The third-order valence-electron chi connectivity index (χ3n) is 3.20. The maximum atomic E-state index is 11.9. The SMILES string of the molecule is Cl.NCCCNC(=O)CCCN=C1NS(=O)(=O)c2ccccc21. The highest BCUT2D eigenvalue weighted by Crippen LogP contribution is 2.22. The number of hydrogen-bond donors (Lipinski definition) is 3. The lowest BCUT2D eigenvalue weighted by Gasteiger charge is -2.03. The molecule has 128 valence electrons. The number of nitrogens with one attached hydrogen (secondary N) is 2. The third-order valence-corrected chi connectivity index (χ3v) is 4.59. The number of benzene rings is 1. The van der Waals surface area contributed by atoms with Crippen LogP contribution >= 0.6 is 12.4 Å². The lowest BCUT2D eigenvalue weighted by atomic mass is 10.2. The Balaban J connectivity index is 0.00000264. The zero-order valence-electron chi connectivity index (χ0n) is 12.6. The number of nitrogens with zero attached hydrogens (tertiary/aromatic N) is 1. The summed E-state index contributed by atoms with van der Waals surface area (Å²) in [6, 6.07) is 6.70. The van der Waals surface area contributed by atoms with E-state index in [9.17, 15) is 13.2 Å². The van der Waals surface area contributed by atoms with E-state index >= 15 is 0 Å². The summed E-state index contributed by atoms with van der Waals surface area (Å²) >= 11 is 0. The van der Waals surface area contributed by atoms with Crippen molar-refractivity contribution >= 4 is 34.2 Å². The van der Waals surface area contributed by atoms with Crippen molar-refractivity contribution in [2.45, 2.75) is 24.2 Å². The van der Waals surface area contributed by atoms with Gasteiger partial charge in [-0.3, -0.25) is 14.5 Å². The van der Waals surface area contributed by atoms with Gasteiger partial charge in [-0.1, -0.05) is 12.1 Å². The Kier molecular flexibility index (Phi) is 7.47. The van der Waals surface area contributed by atoms with Gasteiger partial charge in [0.15, 0.2) is 0 Å². The highest BCUT2D eigenvalue weighted by Gasteiger charge is 2.29. The van der Waals surface area contributed by atoms with Gasteiger partial charge >= 0.3 is 0 Å². The molecule has 1 aromatic carbocycles. The second-order valence-corrected chi connectivity index (χ2v) is 6.58. The Hall–Kier alpha value is -1.64. The van der Waals surface area contributed by atoms with Crippen molar-refractivity contribution in [3.8, 4) is 0 Å². The number of hydrogen-bond acceptors (Lipinski definition) is 5. The van der Waals surface area contributed by atoms with Gasteiger partial charge in [0.05, 0.1) is 4.90 Å². The highest BCUT2D eigenvalue weighted by atomic mass is 35.5. The first-order valence-corrected chi connectivity index (χ1v) is 8.66. The standard InChI is InChI=1S/C14H20N4O3S.ClH/c15-8-4-10-16-13(19)7-3-9-17-14-11-5-1-2-6-12(11)22(20,21)18-14;/h1-2,5-6H,3-4,7-10,15H2,(H,16,19)(H,17,18);1H. The van der Waals surface area contributed by atoms with E-state index in [0.717, 1.165) is 6.42 Å². The zero-order valence-corrected chi connectivity index (χ0v) is 14.3. The van der Waals surface area contributed by atoms with Crippen LogP contribution in [-0.4, -0.2) is 39.8 Å². The van der Waals surface area contributed by atoms with Gasteiger partial charge in [0.2, 0.25) is 5.91 Å². The van der Waals surface area contributed by atoms with E-state index in [1.807, 2.05) is 0 Å². The van der Waals surface area contributed by atoms with Crippen molar-refractivity contribution < 1.29 is 13.2 Å². The number of fused-ring (bicyclic) bond motifs is 1. The molecular weight excluding hydrogens is 340 g/mol. The number of carbonyl (C=O) groups is 1.